The molecule has 4 N–H and O–H groups in total. The third-order valence-corrected chi connectivity index (χ3v) is 5.12. The van der Waals surface area contributed by atoms with E-state index in [9.17, 15) is 23.7 Å². The average Bonchev–Trinajstić information content (AvgIpc) is 3.24. The van der Waals surface area contributed by atoms with Gasteiger partial charge in [0.2, 0.25) is 0 Å². The normalized spacial score (nSPS) is 11.7. The van der Waals surface area contributed by atoms with Gasteiger partial charge in [-0.05, 0) is 36.4 Å². The van der Waals surface area contributed by atoms with Gasteiger partial charge in [0.05, 0.1) is 0 Å². The number of hydrogen-bond donors (Lipinski definition) is 4. The van der Waals surface area contributed by atoms with Crippen LogP contribution in [0.25, 0.3) is 22.0 Å². The number of pyridine rings is 1. The molecule has 0 aliphatic rings. The molecule has 4 aromatic rings. The topological polar surface area (TPSA) is 160 Å². The van der Waals surface area contributed by atoms with E-state index < -0.39 is 29.0 Å². The minimum Gasteiger partial charge on any atom is -0.477 e. The Morgan fingerprint density at radius 1 is 1.09 bits per heavy atom. The lowest BCUT2D eigenvalue weighted by Gasteiger charge is -2.15. The molecule has 2 aromatic carbocycles. The van der Waals surface area contributed by atoms with Gasteiger partial charge in [0.1, 0.15) is 22.7 Å². The van der Waals surface area contributed by atoms with Crippen molar-refractivity contribution in [3.8, 4) is 22.6 Å². The Bertz CT molecular complexity index is 1490. The van der Waals surface area contributed by atoms with Crippen LogP contribution in [0, 0.1) is 0 Å². The predicted octanol–water partition coefficient (Wildman–Crippen LogP) is 3.71. The second-order valence-electron chi connectivity index (χ2n) is 7.07. The fraction of sp³-hybridized carbons (Fsp3) is 0.0455. The molecule has 0 spiro atoms. The number of anilines is 1. The summed E-state index contributed by atoms with van der Waals surface area (Å²) in [6.45, 7) is 0. The Morgan fingerprint density at radius 2 is 1.82 bits per heavy atom. The van der Waals surface area contributed by atoms with Crippen LogP contribution in [-0.2, 0) is 22.6 Å². The molecule has 0 saturated heterocycles. The van der Waals surface area contributed by atoms with Crippen LogP contribution < -0.4 is 15.6 Å². The lowest BCUT2D eigenvalue weighted by molar-refractivity contribution is 0.0691. The quantitative estimate of drug-likeness (QED) is 0.302. The van der Waals surface area contributed by atoms with Gasteiger partial charge >= 0.3 is 23.4 Å². The highest BCUT2D eigenvalue weighted by Gasteiger charge is 2.19. The van der Waals surface area contributed by atoms with Crippen LogP contribution in [0.15, 0.2) is 65.6 Å². The highest BCUT2D eigenvalue weighted by Crippen LogP contribution is 2.38. The average molecular weight is 483 g/mol. The monoisotopic (exact) mass is 483 g/mol. The molecular formula is C22H17N3O8S. The minimum atomic E-state index is -2.80. The number of carbonyl (C=O) groups excluding carboxylic acids is 1. The molecule has 0 saturated carbocycles. The Labute approximate surface area is 194 Å². The molecule has 2 aromatic heterocycles. The molecule has 0 aliphatic carbocycles. The van der Waals surface area contributed by atoms with E-state index in [0.717, 1.165) is 0 Å². The molecule has 0 bridgehead atoms. The molecule has 1 amide bonds. The number of carboxylic acids is 1. The lowest BCUT2D eigenvalue weighted by atomic mass is 10.0. The zero-order chi connectivity index (χ0) is 24.4. The number of carbonyl (C=O) groups is 2. The second kappa shape index (κ2) is 9.21. The minimum absolute atomic E-state index is 0.0801. The third-order valence-electron chi connectivity index (χ3n) is 4.83. The molecule has 2 heterocycles. The van der Waals surface area contributed by atoms with E-state index >= 15 is 0 Å². The van der Waals surface area contributed by atoms with Crippen molar-refractivity contribution in [2.24, 2.45) is 7.05 Å². The largest absolute Gasteiger partial charge is 0.477 e. The van der Waals surface area contributed by atoms with E-state index in [-0.39, 0.29) is 16.9 Å². The van der Waals surface area contributed by atoms with Crippen LogP contribution in [0.2, 0.25) is 0 Å². The van der Waals surface area contributed by atoms with Gasteiger partial charge in [0.25, 0.3) is 5.56 Å². The number of aromatic amines is 1. The maximum Gasteiger partial charge on any atom is 0.427 e. The zero-order valence-electron chi connectivity index (χ0n) is 17.5. The zero-order valence-corrected chi connectivity index (χ0v) is 18.3. The summed E-state index contributed by atoms with van der Waals surface area (Å²) < 4.78 is 31.0. The van der Waals surface area contributed by atoms with Crippen molar-refractivity contribution >= 4 is 40.0 Å². The summed E-state index contributed by atoms with van der Waals surface area (Å²) in [7, 11) is 1.51. The van der Waals surface area contributed by atoms with Crippen LogP contribution >= 0.6 is 0 Å². The van der Waals surface area contributed by atoms with Crippen molar-refractivity contribution in [1.29, 1.82) is 0 Å². The Morgan fingerprint density at radius 3 is 2.50 bits per heavy atom. The summed E-state index contributed by atoms with van der Waals surface area (Å²) in [5, 5.41) is 12.1. The summed E-state index contributed by atoms with van der Waals surface area (Å²) in [6.07, 6.45) is 0.353. The lowest BCUT2D eigenvalue weighted by Crippen LogP contribution is -2.17. The maximum absolute atomic E-state index is 12.6. The third kappa shape index (κ3) is 4.67. The number of nitrogens with zero attached hydrogens (tertiary/aromatic N) is 1. The van der Waals surface area contributed by atoms with Crippen molar-refractivity contribution < 1.29 is 32.4 Å². The maximum atomic E-state index is 12.6. The van der Waals surface area contributed by atoms with Gasteiger partial charge in [-0.2, -0.15) is 4.21 Å². The van der Waals surface area contributed by atoms with Crippen LogP contribution in [0.3, 0.4) is 0 Å². The van der Waals surface area contributed by atoms with Crippen molar-refractivity contribution in [2.75, 3.05) is 5.32 Å². The van der Waals surface area contributed by atoms with E-state index in [4.69, 9.17) is 9.29 Å². The van der Waals surface area contributed by atoms with E-state index in [2.05, 4.69) is 14.5 Å². The fourth-order valence-corrected chi connectivity index (χ4v) is 3.56. The van der Waals surface area contributed by atoms with Crippen molar-refractivity contribution in [2.45, 2.75) is 0 Å². The van der Waals surface area contributed by atoms with Gasteiger partial charge in [-0.3, -0.25) is 14.7 Å². The molecule has 0 fully saturated rings. The smallest absolute Gasteiger partial charge is 0.427 e. The van der Waals surface area contributed by atoms with Crippen LogP contribution in [0.1, 0.15) is 10.5 Å². The molecule has 1 atom stereocenters. The van der Waals surface area contributed by atoms with Crippen molar-refractivity contribution in [3.05, 3.63) is 76.8 Å². The number of benzene rings is 2. The first kappa shape index (κ1) is 22.8. The molecule has 11 nitrogen and oxygen atoms in total. The first-order valence-electron chi connectivity index (χ1n) is 9.66. The summed E-state index contributed by atoms with van der Waals surface area (Å²) in [5.74, 6) is -0.380. The van der Waals surface area contributed by atoms with Crippen molar-refractivity contribution in [1.82, 2.24) is 9.55 Å². The number of carboxylic acid groups (broad SMARTS) is 1. The summed E-state index contributed by atoms with van der Waals surface area (Å²) >= 11 is -2.80. The number of rotatable bonds is 6. The molecule has 174 valence electrons. The fourth-order valence-electron chi connectivity index (χ4n) is 3.39. The van der Waals surface area contributed by atoms with Crippen molar-refractivity contribution in [3.63, 3.8) is 0 Å². The number of aryl methyl sites for hydroxylation is 1. The summed E-state index contributed by atoms with van der Waals surface area (Å²) in [4.78, 5) is 38.6. The molecule has 4 rings (SSSR count). The number of H-pyrrole nitrogens is 1. The van der Waals surface area contributed by atoms with Gasteiger partial charge in [-0.15, -0.1) is 0 Å². The highest BCUT2D eigenvalue weighted by molar-refractivity contribution is 7.74. The molecule has 34 heavy (non-hydrogen) atoms. The first-order chi connectivity index (χ1) is 16.2. The Balaban J connectivity index is 1.91. The number of hydrogen-bond acceptors (Lipinski definition) is 6. The Kier molecular flexibility index (Phi) is 6.17. The standard InChI is InChI=1S/C22H17N3O8S/c1-25-11-16(15-10-17(21(27)28)24-19(15)20(25)26)14-9-12(23-22(29)33-34(30)31)7-8-18(14)32-13-5-3-2-4-6-13/h2-11,24H,1H3,(H,23,29)(H,27,28)(H,30,31). The van der Waals surface area contributed by atoms with Crippen LogP contribution in [-0.4, -0.2) is 35.5 Å². The number of amides is 1. The van der Waals surface area contributed by atoms with Gasteiger partial charge in [0.15, 0.2) is 0 Å². The number of aromatic carboxylic acids is 1. The number of fused-ring (bicyclic) bond motifs is 1. The van der Waals surface area contributed by atoms with Gasteiger partial charge < -0.3 is 23.6 Å². The Hall–Kier alpha value is -4.42. The molecule has 0 radical (unpaired) electrons. The SMILES string of the molecule is Cn1cc(-c2cc(NC(=O)OS(=O)O)ccc2Oc2ccccc2)c2cc(C(=O)O)[nH]c2c1=O. The van der Waals surface area contributed by atoms with Gasteiger partial charge in [0, 0.05) is 35.4 Å². The van der Waals surface area contributed by atoms with E-state index in [1.165, 1.54) is 36.0 Å². The van der Waals surface area contributed by atoms with Gasteiger partial charge in [-0.25, -0.2) is 9.59 Å². The molecule has 0 aliphatic heterocycles. The number of ether oxygens (including phenoxy) is 1. The summed E-state index contributed by atoms with van der Waals surface area (Å²) in [6, 6.07) is 14.7. The predicted molar refractivity (Wildman–Crippen MR) is 123 cm³/mol. The molecule has 12 heteroatoms. The highest BCUT2D eigenvalue weighted by atomic mass is 32.2. The van der Waals surface area contributed by atoms with E-state index in [1.807, 2.05) is 6.07 Å². The number of aromatic nitrogens is 2. The summed E-state index contributed by atoms with van der Waals surface area (Å²) in [5.41, 5.74) is 0.518. The van der Waals surface area contributed by atoms with E-state index in [1.54, 1.807) is 30.3 Å². The van der Waals surface area contributed by atoms with E-state index in [0.29, 0.717) is 28.0 Å². The van der Waals surface area contributed by atoms with Gasteiger partial charge in [-0.1, -0.05) is 18.2 Å². The number of para-hydroxylation sites is 1. The first-order valence-corrected chi connectivity index (χ1v) is 10.7. The molecular weight excluding hydrogens is 466 g/mol. The second-order valence-corrected chi connectivity index (χ2v) is 7.68. The van der Waals surface area contributed by atoms with Crippen LogP contribution in [0.4, 0.5) is 10.5 Å². The van der Waals surface area contributed by atoms with Crippen LogP contribution in [0.5, 0.6) is 11.5 Å². The molecule has 1 unspecified atom stereocenters. The number of nitrogens with one attached hydrogen (secondary N) is 2.